The molecule has 2 N–H and O–H groups in total. The average Bonchev–Trinajstić information content (AvgIpc) is 3.08. The van der Waals surface area contributed by atoms with Gasteiger partial charge < -0.3 is 19.6 Å². The van der Waals surface area contributed by atoms with E-state index >= 15 is 0 Å². The van der Waals surface area contributed by atoms with E-state index in [1.807, 2.05) is 31.2 Å². The second kappa shape index (κ2) is 7.65. The fourth-order valence-electron chi connectivity index (χ4n) is 2.00. The molecule has 2 aromatic rings. The predicted octanol–water partition coefficient (Wildman–Crippen LogP) is 2.72. The van der Waals surface area contributed by atoms with Crippen molar-refractivity contribution in [3.8, 4) is 5.75 Å². The maximum absolute atomic E-state index is 11.8. The summed E-state index contributed by atoms with van der Waals surface area (Å²) in [6.07, 6.45) is 4.61. The lowest BCUT2D eigenvalue weighted by molar-refractivity contribution is -0.117. The Bertz CT molecular complexity index is 642. The zero-order valence-corrected chi connectivity index (χ0v) is 13.3. The highest BCUT2D eigenvalue weighted by Crippen LogP contribution is 2.19. The number of amides is 1. The third-order valence-electron chi connectivity index (χ3n) is 3.28. The highest BCUT2D eigenvalue weighted by molar-refractivity contribution is 5.91. The van der Waals surface area contributed by atoms with Crippen LogP contribution in [0.25, 0.3) is 6.08 Å². The van der Waals surface area contributed by atoms with Crippen LogP contribution in [0.1, 0.15) is 25.2 Å². The van der Waals surface area contributed by atoms with Gasteiger partial charge in [-0.25, -0.2) is 0 Å². The Hall–Kier alpha value is -2.53. The molecule has 0 aliphatic rings. The molecule has 1 amide bonds. The molecule has 1 aromatic carbocycles. The van der Waals surface area contributed by atoms with Crippen LogP contribution >= 0.6 is 0 Å². The Morgan fingerprint density at radius 3 is 2.70 bits per heavy atom. The van der Waals surface area contributed by atoms with Crippen LogP contribution in [-0.2, 0) is 10.4 Å². The van der Waals surface area contributed by atoms with E-state index < -0.39 is 5.60 Å². The first-order valence-electron chi connectivity index (χ1n) is 7.46. The standard InChI is InChI=1S/C18H21NO4/c1-3-22-15-9-6-14(7-10-15)8-11-17(20)19-13-18(2,21)16-5-4-12-23-16/h4-12,21H,3,13H2,1-2H3,(H,19,20). The normalized spacial score (nSPS) is 13.7. The number of carbonyl (C=O) groups is 1. The van der Waals surface area contributed by atoms with E-state index in [0.717, 1.165) is 11.3 Å². The zero-order chi connectivity index (χ0) is 16.7. The summed E-state index contributed by atoms with van der Waals surface area (Å²) in [5.41, 5.74) is -0.354. The summed E-state index contributed by atoms with van der Waals surface area (Å²) in [7, 11) is 0. The fraction of sp³-hybridized carbons (Fsp3) is 0.278. The van der Waals surface area contributed by atoms with Crippen LogP contribution < -0.4 is 10.1 Å². The van der Waals surface area contributed by atoms with Gasteiger partial charge in [-0.2, -0.15) is 0 Å². The van der Waals surface area contributed by atoms with E-state index in [4.69, 9.17) is 9.15 Å². The van der Waals surface area contributed by atoms with Gasteiger partial charge in [0.05, 0.1) is 19.4 Å². The molecule has 0 saturated heterocycles. The van der Waals surface area contributed by atoms with Crippen LogP contribution in [0.2, 0.25) is 0 Å². The summed E-state index contributed by atoms with van der Waals surface area (Å²) >= 11 is 0. The van der Waals surface area contributed by atoms with Gasteiger partial charge in [0.2, 0.25) is 5.91 Å². The van der Waals surface area contributed by atoms with Crippen LogP contribution in [0.3, 0.4) is 0 Å². The molecule has 0 bridgehead atoms. The van der Waals surface area contributed by atoms with Crippen molar-refractivity contribution >= 4 is 12.0 Å². The number of carbonyl (C=O) groups excluding carboxylic acids is 1. The van der Waals surface area contributed by atoms with Crippen molar-refractivity contribution in [2.45, 2.75) is 19.4 Å². The van der Waals surface area contributed by atoms with Gasteiger partial charge in [-0.05, 0) is 49.8 Å². The van der Waals surface area contributed by atoms with E-state index in [-0.39, 0.29) is 12.5 Å². The van der Waals surface area contributed by atoms with Crippen LogP contribution in [-0.4, -0.2) is 24.2 Å². The summed E-state index contributed by atoms with van der Waals surface area (Å²) in [6.45, 7) is 4.19. The van der Waals surface area contributed by atoms with Crippen LogP contribution in [0.4, 0.5) is 0 Å². The molecule has 1 unspecified atom stereocenters. The molecule has 0 saturated carbocycles. The van der Waals surface area contributed by atoms with Crippen molar-refractivity contribution in [2.24, 2.45) is 0 Å². The van der Waals surface area contributed by atoms with Crippen molar-refractivity contribution in [3.63, 3.8) is 0 Å². The molecular weight excluding hydrogens is 294 g/mol. The number of rotatable bonds is 7. The summed E-state index contributed by atoms with van der Waals surface area (Å²) < 4.78 is 10.5. The van der Waals surface area contributed by atoms with Gasteiger partial charge in [0, 0.05) is 6.08 Å². The monoisotopic (exact) mass is 315 g/mol. The fourth-order valence-corrected chi connectivity index (χ4v) is 2.00. The van der Waals surface area contributed by atoms with Crippen molar-refractivity contribution < 1.29 is 19.1 Å². The topological polar surface area (TPSA) is 71.7 Å². The third kappa shape index (κ3) is 5.00. The third-order valence-corrected chi connectivity index (χ3v) is 3.28. The van der Waals surface area contributed by atoms with Crippen LogP contribution in [0.15, 0.2) is 53.2 Å². The first-order chi connectivity index (χ1) is 11.0. The number of benzene rings is 1. The van der Waals surface area contributed by atoms with Crippen molar-refractivity contribution in [1.82, 2.24) is 5.32 Å². The van der Waals surface area contributed by atoms with E-state index in [1.165, 1.54) is 12.3 Å². The van der Waals surface area contributed by atoms with Gasteiger partial charge in [0.25, 0.3) is 0 Å². The molecular formula is C18H21NO4. The Morgan fingerprint density at radius 1 is 1.35 bits per heavy atom. The average molecular weight is 315 g/mol. The van der Waals surface area contributed by atoms with Crippen LogP contribution in [0, 0.1) is 0 Å². The Labute approximate surface area is 135 Å². The molecule has 5 nitrogen and oxygen atoms in total. The SMILES string of the molecule is CCOc1ccc(C=CC(=O)NCC(C)(O)c2ccco2)cc1. The second-order valence-corrected chi connectivity index (χ2v) is 5.30. The number of hydrogen-bond donors (Lipinski definition) is 2. The van der Waals surface area contributed by atoms with E-state index in [0.29, 0.717) is 12.4 Å². The van der Waals surface area contributed by atoms with Gasteiger partial charge in [-0.3, -0.25) is 4.79 Å². The molecule has 5 heteroatoms. The summed E-state index contributed by atoms with van der Waals surface area (Å²) in [6, 6.07) is 10.8. The molecule has 23 heavy (non-hydrogen) atoms. The van der Waals surface area contributed by atoms with Crippen molar-refractivity contribution in [2.75, 3.05) is 13.2 Å². The van der Waals surface area contributed by atoms with Gasteiger partial charge in [-0.1, -0.05) is 12.1 Å². The molecule has 1 atom stereocenters. The molecule has 122 valence electrons. The van der Waals surface area contributed by atoms with Gasteiger partial charge in [0.1, 0.15) is 17.1 Å². The summed E-state index contributed by atoms with van der Waals surface area (Å²) in [5.74, 6) is 0.919. The lowest BCUT2D eigenvalue weighted by atomic mass is 10.0. The van der Waals surface area contributed by atoms with Gasteiger partial charge in [0.15, 0.2) is 0 Å². The smallest absolute Gasteiger partial charge is 0.244 e. The Morgan fingerprint density at radius 2 is 2.09 bits per heavy atom. The lowest BCUT2D eigenvalue weighted by Crippen LogP contribution is -2.37. The van der Waals surface area contributed by atoms with Crippen LogP contribution in [0.5, 0.6) is 5.75 Å². The maximum atomic E-state index is 11.8. The predicted molar refractivity (Wildman–Crippen MR) is 87.9 cm³/mol. The maximum Gasteiger partial charge on any atom is 0.244 e. The van der Waals surface area contributed by atoms with E-state index in [9.17, 15) is 9.90 Å². The number of hydrogen-bond acceptors (Lipinski definition) is 4. The zero-order valence-electron chi connectivity index (χ0n) is 13.3. The minimum Gasteiger partial charge on any atom is -0.494 e. The quantitative estimate of drug-likeness (QED) is 0.771. The first kappa shape index (κ1) is 16.8. The molecule has 1 aromatic heterocycles. The summed E-state index contributed by atoms with van der Waals surface area (Å²) in [5, 5.41) is 12.9. The number of aliphatic hydroxyl groups is 1. The molecule has 0 spiro atoms. The minimum absolute atomic E-state index is 0.0625. The molecule has 2 rings (SSSR count). The van der Waals surface area contributed by atoms with Gasteiger partial charge in [-0.15, -0.1) is 0 Å². The number of furan rings is 1. The number of ether oxygens (including phenoxy) is 1. The molecule has 0 aliphatic heterocycles. The first-order valence-corrected chi connectivity index (χ1v) is 7.46. The molecule has 0 fully saturated rings. The van der Waals surface area contributed by atoms with Gasteiger partial charge >= 0.3 is 0 Å². The minimum atomic E-state index is -1.24. The van der Waals surface area contributed by atoms with Crippen molar-refractivity contribution in [3.05, 3.63) is 60.1 Å². The van der Waals surface area contributed by atoms with Crippen molar-refractivity contribution in [1.29, 1.82) is 0 Å². The molecule has 0 radical (unpaired) electrons. The highest BCUT2D eigenvalue weighted by Gasteiger charge is 2.26. The molecule has 1 heterocycles. The highest BCUT2D eigenvalue weighted by atomic mass is 16.5. The van der Waals surface area contributed by atoms with E-state index in [1.54, 1.807) is 25.1 Å². The number of nitrogens with one attached hydrogen (secondary N) is 1. The summed E-state index contributed by atoms with van der Waals surface area (Å²) in [4.78, 5) is 11.8. The Balaban J connectivity index is 1.86. The molecule has 0 aliphatic carbocycles. The second-order valence-electron chi connectivity index (χ2n) is 5.30. The van der Waals surface area contributed by atoms with E-state index in [2.05, 4.69) is 5.32 Å². The lowest BCUT2D eigenvalue weighted by Gasteiger charge is -2.20. The Kier molecular flexibility index (Phi) is 5.60. The largest absolute Gasteiger partial charge is 0.494 e.